The Balaban J connectivity index is 5.11. The van der Waals surface area contributed by atoms with Crippen LogP contribution in [-0.2, 0) is 14.4 Å². The average molecular weight is 539 g/mol. The molecule has 4 heteroatoms. The molecule has 0 aliphatic carbocycles. The molecule has 0 unspecified atom stereocenters. The van der Waals surface area contributed by atoms with Crippen LogP contribution in [-0.4, -0.2) is 35.8 Å². The molecular formula is C33H63O3P. The van der Waals surface area contributed by atoms with Gasteiger partial charge in [-0.1, -0.05) is 144 Å². The van der Waals surface area contributed by atoms with Crippen molar-refractivity contribution >= 4 is 25.3 Å². The lowest BCUT2D eigenvalue weighted by Crippen LogP contribution is -2.51. The molecule has 0 rings (SSSR count). The third-order valence-electron chi connectivity index (χ3n) is 7.90. The Morgan fingerprint density at radius 1 is 0.405 bits per heavy atom. The maximum Gasteiger partial charge on any atom is 0.164 e. The predicted molar refractivity (Wildman–Crippen MR) is 164 cm³/mol. The van der Waals surface area contributed by atoms with Crippen molar-refractivity contribution in [3.05, 3.63) is 0 Å². The van der Waals surface area contributed by atoms with Gasteiger partial charge in [-0.3, -0.25) is 14.4 Å². The van der Waals surface area contributed by atoms with E-state index in [0.29, 0.717) is 19.3 Å². The van der Waals surface area contributed by atoms with Crippen LogP contribution in [0.1, 0.15) is 175 Å². The second kappa shape index (κ2) is 24.5. The molecule has 0 saturated carbocycles. The van der Waals surface area contributed by atoms with E-state index in [2.05, 4.69) is 20.8 Å². The largest absolute Gasteiger partial charge is 0.298 e. The lowest BCUT2D eigenvalue weighted by Gasteiger charge is -2.34. The first-order valence-corrected chi connectivity index (χ1v) is 18.4. The number of hydrogen-bond donors (Lipinski definition) is 0. The number of rotatable bonds is 28. The van der Waals surface area contributed by atoms with Gasteiger partial charge >= 0.3 is 0 Å². The summed E-state index contributed by atoms with van der Waals surface area (Å²) in [5.41, 5.74) is 0. The molecule has 0 saturated heterocycles. The van der Waals surface area contributed by atoms with Crippen LogP contribution in [0, 0.1) is 0 Å². The van der Waals surface area contributed by atoms with Gasteiger partial charge in [0.05, 0.1) is 0 Å². The molecule has 3 nitrogen and oxygen atoms in total. The molecular weight excluding hydrogens is 475 g/mol. The van der Waals surface area contributed by atoms with Gasteiger partial charge < -0.3 is 0 Å². The Bertz CT molecular complexity index is 510. The molecule has 0 spiro atoms. The standard InChI is InChI=1S/C33H63O3P/c1-6-9-12-15-18-21-24-27-30(34)33(37(4)5,31(35)28-25-22-19-16-13-10-7-2)32(36)29-26-23-20-17-14-11-8-3/h6-29H2,1-5H3. The fourth-order valence-electron chi connectivity index (χ4n) is 5.49. The van der Waals surface area contributed by atoms with E-state index in [9.17, 15) is 14.4 Å². The number of hydrogen-bond acceptors (Lipinski definition) is 3. The van der Waals surface area contributed by atoms with Crippen molar-refractivity contribution in [1.82, 2.24) is 0 Å². The molecule has 0 aromatic rings. The molecule has 0 aromatic heterocycles. The minimum absolute atomic E-state index is 0.0574. The van der Waals surface area contributed by atoms with Gasteiger partial charge in [-0.2, -0.15) is 0 Å². The highest BCUT2D eigenvalue weighted by Gasteiger charge is 2.52. The van der Waals surface area contributed by atoms with Crippen molar-refractivity contribution in [2.24, 2.45) is 0 Å². The van der Waals surface area contributed by atoms with Crippen LogP contribution in [0.15, 0.2) is 0 Å². The van der Waals surface area contributed by atoms with E-state index in [0.717, 1.165) is 57.8 Å². The average Bonchev–Trinajstić information content (AvgIpc) is 2.87. The second-order valence-corrected chi connectivity index (χ2v) is 13.9. The summed E-state index contributed by atoms with van der Waals surface area (Å²) in [6, 6.07) is 0. The smallest absolute Gasteiger partial charge is 0.164 e. The van der Waals surface area contributed by atoms with Crippen molar-refractivity contribution in [2.75, 3.05) is 13.3 Å². The third kappa shape index (κ3) is 15.6. The molecule has 37 heavy (non-hydrogen) atoms. The summed E-state index contributed by atoms with van der Waals surface area (Å²) in [6.45, 7) is 10.6. The molecule has 0 N–H and O–H groups in total. The van der Waals surface area contributed by atoms with Gasteiger partial charge in [-0.25, -0.2) is 0 Å². The summed E-state index contributed by atoms with van der Waals surface area (Å²) in [5.74, 6) is -0.172. The van der Waals surface area contributed by atoms with Crippen LogP contribution in [0.3, 0.4) is 0 Å². The molecule has 0 bridgehead atoms. The lowest BCUT2D eigenvalue weighted by atomic mass is 9.85. The van der Waals surface area contributed by atoms with Gasteiger partial charge in [0.1, 0.15) is 0 Å². The number of ketones is 3. The van der Waals surface area contributed by atoms with E-state index >= 15 is 0 Å². The van der Waals surface area contributed by atoms with Gasteiger partial charge in [0.15, 0.2) is 22.5 Å². The van der Waals surface area contributed by atoms with Crippen LogP contribution in [0.5, 0.6) is 0 Å². The summed E-state index contributed by atoms with van der Waals surface area (Å²) in [5, 5.41) is -1.35. The molecule has 0 amide bonds. The number of Topliss-reactive ketones (excluding diaryl/α,β-unsaturated/α-hetero) is 3. The van der Waals surface area contributed by atoms with E-state index in [1.165, 1.54) is 77.0 Å². The Labute approximate surface area is 232 Å². The summed E-state index contributed by atoms with van der Waals surface area (Å²) in [7, 11) is -1.01. The van der Waals surface area contributed by atoms with Gasteiger partial charge in [0.25, 0.3) is 0 Å². The lowest BCUT2D eigenvalue weighted by molar-refractivity contribution is -0.138. The molecule has 0 radical (unpaired) electrons. The summed E-state index contributed by atoms with van der Waals surface area (Å²) >= 11 is 0. The van der Waals surface area contributed by atoms with E-state index in [4.69, 9.17) is 0 Å². The zero-order valence-electron chi connectivity index (χ0n) is 25.6. The topological polar surface area (TPSA) is 51.2 Å². The Morgan fingerprint density at radius 2 is 0.622 bits per heavy atom. The first kappa shape index (κ1) is 36.4. The zero-order chi connectivity index (χ0) is 27.8. The second-order valence-electron chi connectivity index (χ2n) is 11.5. The Hall–Kier alpha value is -0.560. The SMILES string of the molecule is CCCCCCCCCC(=O)C(C(=O)CCCCCCCCC)(C(=O)CCCCCCCCC)P(C)C. The van der Waals surface area contributed by atoms with Crippen molar-refractivity contribution in [3.63, 3.8) is 0 Å². The molecule has 0 atom stereocenters. The van der Waals surface area contributed by atoms with E-state index in [-0.39, 0.29) is 17.3 Å². The fraction of sp³-hybridized carbons (Fsp3) is 0.909. The monoisotopic (exact) mass is 538 g/mol. The molecule has 0 aliphatic rings. The number of carbonyl (C=O) groups is 3. The van der Waals surface area contributed by atoms with Crippen molar-refractivity contribution < 1.29 is 14.4 Å². The molecule has 0 heterocycles. The number of carbonyl (C=O) groups excluding carboxylic acids is 3. The minimum atomic E-state index is -1.35. The summed E-state index contributed by atoms with van der Waals surface area (Å²) < 4.78 is 0. The zero-order valence-corrected chi connectivity index (χ0v) is 26.5. The van der Waals surface area contributed by atoms with Crippen LogP contribution in [0.4, 0.5) is 0 Å². The fourth-order valence-corrected chi connectivity index (χ4v) is 7.32. The normalized spacial score (nSPS) is 11.8. The Kier molecular flexibility index (Phi) is 24.1. The van der Waals surface area contributed by atoms with Crippen LogP contribution < -0.4 is 0 Å². The van der Waals surface area contributed by atoms with Gasteiger partial charge in [-0.15, -0.1) is 0 Å². The summed E-state index contributed by atoms with van der Waals surface area (Å²) in [4.78, 5) is 41.1. The van der Waals surface area contributed by atoms with Gasteiger partial charge in [0, 0.05) is 19.3 Å². The highest BCUT2D eigenvalue weighted by Crippen LogP contribution is 2.48. The third-order valence-corrected chi connectivity index (χ3v) is 9.99. The highest BCUT2D eigenvalue weighted by molar-refractivity contribution is 7.61. The first-order valence-electron chi connectivity index (χ1n) is 16.2. The predicted octanol–water partition coefficient (Wildman–Crippen LogP) is 10.6. The maximum atomic E-state index is 13.7. The highest BCUT2D eigenvalue weighted by atomic mass is 31.1. The van der Waals surface area contributed by atoms with E-state index < -0.39 is 13.1 Å². The van der Waals surface area contributed by atoms with Crippen molar-refractivity contribution in [1.29, 1.82) is 0 Å². The van der Waals surface area contributed by atoms with E-state index in [1.54, 1.807) is 0 Å². The van der Waals surface area contributed by atoms with E-state index in [1.807, 2.05) is 13.3 Å². The molecule has 0 aromatic carbocycles. The first-order chi connectivity index (χ1) is 17.9. The molecule has 0 aliphatic heterocycles. The summed E-state index contributed by atoms with van der Waals surface area (Å²) in [6.07, 6.45) is 25.1. The van der Waals surface area contributed by atoms with Crippen LogP contribution in [0.2, 0.25) is 0 Å². The van der Waals surface area contributed by atoms with Crippen LogP contribution in [0.25, 0.3) is 0 Å². The van der Waals surface area contributed by atoms with Crippen molar-refractivity contribution in [2.45, 2.75) is 180 Å². The van der Waals surface area contributed by atoms with Crippen LogP contribution >= 0.6 is 7.92 Å². The van der Waals surface area contributed by atoms with Gasteiger partial charge in [0.2, 0.25) is 0 Å². The quantitative estimate of drug-likeness (QED) is 0.0565. The van der Waals surface area contributed by atoms with Gasteiger partial charge in [-0.05, 0) is 32.6 Å². The molecule has 0 fully saturated rings. The Morgan fingerprint density at radius 3 is 0.838 bits per heavy atom. The minimum Gasteiger partial charge on any atom is -0.298 e. The van der Waals surface area contributed by atoms with Crippen molar-refractivity contribution in [3.8, 4) is 0 Å². The number of unbranched alkanes of at least 4 members (excludes halogenated alkanes) is 18. The molecule has 218 valence electrons. The maximum absolute atomic E-state index is 13.7.